The number of carbonyl (C=O) groups is 1. The van der Waals surface area contributed by atoms with Crippen molar-refractivity contribution in [1.29, 1.82) is 0 Å². The van der Waals surface area contributed by atoms with E-state index in [1.807, 2.05) is 21.1 Å². The molecule has 0 aromatic rings. The van der Waals surface area contributed by atoms with Gasteiger partial charge < -0.3 is 27.9 Å². The minimum atomic E-state index is -4.53. The van der Waals surface area contributed by atoms with Crippen LogP contribution in [0.1, 0.15) is 168 Å². The van der Waals surface area contributed by atoms with E-state index in [0.29, 0.717) is 24.1 Å². The monoisotopic (exact) mass is 820 g/mol. The summed E-state index contributed by atoms with van der Waals surface area (Å²) < 4.78 is 34.5. The number of phosphoric ester groups is 1. The van der Waals surface area contributed by atoms with Crippen LogP contribution >= 0.6 is 7.82 Å². The minimum absolute atomic E-state index is 0.0211. The summed E-state index contributed by atoms with van der Waals surface area (Å²) >= 11 is 0. The van der Waals surface area contributed by atoms with Gasteiger partial charge in [0.1, 0.15) is 19.3 Å². The SMILES string of the molecule is CC/C=C\C/C=C\C/C=C\C/C=C\C/C=C\C/C=C\CCCCCCCCCOCC(COP(=O)([O-])OCC[N+](C)(C)C)OC(=O)CCCCCCCCCCC. The Morgan fingerprint density at radius 3 is 1.53 bits per heavy atom. The lowest BCUT2D eigenvalue weighted by Crippen LogP contribution is -2.37. The van der Waals surface area contributed by atoms with Crippen molar-refractivity contribution in [1.82, 2.24) is 0 Å². The summed E-state index contributed by atoms with van der Waals surface area (Å²) in [4.78, 5) is 24.9. The third-order valence-corrected chi connectivity index (χ3v) is 10.2. The molecule has 0 rings (SSSR count). The van der Waals surface area contributed by atoms with Crippen LogP contribution in [0.2, 0.25) is 0 Å². The van der Waals surface area contributed by atoms with Crippen LogP contribution in [-0.2, 0) is 27.9 Å². The van der Waals surface area contributed by atoms with Crippen LogP contribution in [0.5, 0.6) is 0 Å². The molecule has 8 nitrogen and oxygen atoms in total. The highest BCUT2D eigenvalue weighted by atomic mass is 31.2. The summed E-state index contributed by atoms with van der Waals surface area (Å²) in [6.45, 7) is 5.23. The second kappa shape index (κ2) is 40.7. The van der Waals surface area contributed by atoms with Gasteiger partial charge in [0.2, 0.25) is 0 Å². The summed E-state index contributed by atoms with van der Waals surface area (Å²) in [7, 11) is 1.34. The van der Waals surface area contributed by atoms with Gasteiger partial charge >= 0.3 is 5.97 Å². The average molecular weight is 820 g/mol. The number of likely N-dealkylation sites (N-methyl/N-ethyl adjacent to an activating group) is 1. The molecule has 0 fully saturated rings. The predicted molar refractivity (Wildman–Crippen MR) is 240 cm³/mol. The standard InChI is InChI=1S/C48H86NO7P/c1-6-8-10-12-14-16-17-18-19-20-21-22-23-24-25-26-27-28-29-30-31-32-34-36-38-40-43-53-45-47(46-55-57(51,52)54-44-42-49(3,4)5)56-48(50)41-39-37-35-33-15-13-11-9-7-2/h8,10,14,16,18-19,21-22,24-25,27-28,47H,6-7,9,11-13,15,17,20,23,26,29-46H2,1-5H3/b10-8-,16-14-,19-18-,22-21-,25-24-,28-27-. The zero-order valence-corrected chi connectivity index (χ0v) is 38.2. The van der Waals surface area contributed by atoms with E-state index in [4.69, 9.17) is 18.5 Å². The lowest BCUT2D eigenvalue weighted by Gasteiger charge is -2.28. The molecule has 0 bridgehead atoms. The Kier molecular flexibility index (Phi) is 39.2. The number of rotatable bonds is 41. The largest absolute Gasteiger partial charge is 0.756 e. The Morgan fingerprint density at radius 1 is 0.561 bits per heavy atom. The Balaban J connectivity index is 4.12. The van der Waals surface area contributed by atoms with Crippen molar-refractivity contribution in [2.45, 2.75) is 174 Å². The molecule has 0 aliphatic carbocycles. The van der Waals surface area contributed by atoms with Crippen LogP contribution in [0, 0.1) is 0 Å². The number of allylic oxidation sites excluding steroid dienone is 12. The van der Waals surface area contributed by atoms with Gasteiger partial charge in [-0.1, -0.05) is 170 Å². The van der Waals surface area contributed by atoms with Gasteiger partial charge in [-0.15, -0.1) is 0 Å². The van der Waals surface area contributed by atoms with E-state index in [9.17, 15) is 14.3 Å². The predicted octanol–water partition coefficient (Wildman–Crippen LogP) is 12.9. The average Bonchev–Trinajstić information content (AvgIpc) is 3.16. The second-order valence-electron chi connectivity index (χ2n) is 16.0. The molecule has 330 valence electrons. The molecule has 2 atom stereocenters. The molecule has 57 heavy (non-hydrogen) atoms. The molecule has 0 N–H and O–H groups in total. The summed E-state index contributed by atoms with van der Waals surface area (Å²) in [5, 5.41) is 0. The maximum absolute atomic E-state index is 12.6. The molecule has 0 aliphatic rings. The van der Waals surface area contributed by atoms with Crippen molar-refractivity contribution in [2.24, 2.45) is 0 Å². The molecule has 0 radical (unpaired) electrons. The molecular weight excluding hydrogens is 734 g/mol. The molecule has 0 amide bonds. The number of hydrogen-bond donors (Lipinski definition) is 0. The molecular formula is C48H86NO7P. The highest BCUT2D eigenvalue weighted by Gasteiger charge is 2.20. The molecule has 9 heteroatoms. The van der Waals surface area contributed by atoms with Crippen LogP contribution in [0.3, 0.4) is 0 Å². The molecule has 0 heterocycles. The topological polar surface area (TPSA) is 94.1 Å². The van der Waals surface area contributed by atoms with Crippen molar-refractivity contribution >= 4 is 13.8 Å². The minimum Gasteiger partial charge on any atom is -0.756 e. The first-order valence-corrected chi connectivity index (χ1v) is 24.1. The van der Waals surface area contributed by atoms with E-state index in [1.54, 1.807) is 0 Å². The van der Waals surface area contributed by atoms with Crippen LogP contribution in [-0.4, -0.2) is 70.7 Å². The molecule has 0 spiro atoms. The van der Waals surface area contributed by atoms with E-state index >= 15 is 0 Å². The van der Waals surface area contributed by atoms with E-state index in [2.05, 4.69) is 86.8 Å². The maximum atomic E-state index is 12.6. The Labute approximate surface area is 351 Å². The number of hydrogen-bond acceptors (Lipinski definition) is 7. The molecule has 0 saturated heterocycles. The fourth-order valence-corrected chi connectivity index (χ4v) is 6.51. The zero-order chi connectivity index (χ0) is 42.0. The lowest BCUT2D eigenvalue weighted by molar-refractivity contribution is -0.870. The first-order valence-electron chi connectivity index (χ1n) is 22.7. The first-order chi connectivity index (χ1) is 27.6. The summed E-state index contributed by atoms with van der Waals surface area (Å²) in [6.07, 6.45) is 52.1. The van der Waals surface area contributed by atoms with Crippen LogP contribution in [0.25, 0.3) is 0 Å². The third kappa shape index (κ3) is 44.9. The van der Waals surface area contributed by atoms with E-state index < -0.39 is 13.9 Å². The van der Waals surface area contributed by atoms with Crippen molar-refractivity contribution in [3.63, 3.8) is 0 Å². The quantitative estimate of drug-likeness (QED) is 0.0199. The van der Waals surface area contributed by atoms with Gasteiger partial charge in [0.05, 0.1) is 34.4 Å². The van der Waals surface area contributed by atoms with Crippen LogP contribution in [0.15, 0.2) is 72.9 Å². The second-order valence-corrected chi connectivity index (χ2v) is 17.4. The molecule has 0 saturated carbocycles. The van der Waals surface area contributed by atoms with Crippen LogP contribution in [0.4, 0.5) is 0 Å². The maximum Gasteiger partial charge on any atom is 0.306 e. The lowest BCUT2D eigenvalue weighted by atomic mass is 10.1. The summed E-state index contributed by atoms with van der Waals surface area (Å²) in [5.74, 6) is -0.345. The normalized spacial score (nSPS) is 14.4. The Morgan fingerprint density at radius 2 is 1.02 bits per heavy atom. The first kappa shape index (κ1) is 54.9. The van der Waals surface area contributed by atoms with Crippen LogP contribution < -0.4 is 4.89 Å². The van der Waals surface area contributed by atoms with Gasteiger partial charge in [-0.3, -0.25) is 9.36 Å². The summed E-state index contributed by atoms with van der Waals surface area (Å²) in [6, 6.07) is 0. The number of phosphoric acid groups is 1. The van der Waals surface area contributed by atoms with E-state index in [-0.39, 0.29) is 25.8 Å². The highest BCUT2D eigenvalue weighted by Crippen LogP contribution is 2.38. The fraction of sp³-hybridized carbons (Fsp3) is 0.729. The van der Waals surface area contributed by atoms with Gasteiger partial charge in [-0.25, -0.2) is 0 Å². The fourth-order valence-electron chi connectivity index (χ4n) is 5.78. The van der Waals surface area contributed by atoms with Crippen molar-refractivity contribution in [3.8, 4) is 0 Å². The van der Waals surface area contributed by atoms with Gasteiger partial charge in [0, 0.05) is 13.0 Å². The Hall–Kier alpha value is -2.06. The third-order valence-electron chi connectivity index (χ3n) is 9.27. The number of unbranched alkanes of at least 4 members (excludes halogenated alkanes) is 15. The number of carbonyl (C=O) groups excluding carboxylic acids is 1. The van der Waals surface area contributed by atoms with Crippen molar-refractivity contribution in [3.05, 3.63) is 72.9 Å². The molecule has 0 aromatic carbocycles. The number of nitrogens with zero attached hydrogens (tertiary/aromatic N) is 1. The highest BCUT2D eigenvalue weighted by molar-refractivity contribution is 7.45. The van der Waals surface area contributed by atoms with Crippen molar-refractivity contribution in [2.75, 3.05) is 54.1 Å². The van der Waals surface area contributed by atoms with E-state index in [0.717, 1.165) is 83.5 Å². The van der Waals surface area contributed by atoms with E-state index in [1.165, 1.54) is 64.2 Å². The number of quaternary nitrogens is 1. The molecule has 2 unspecified atom stereocenters. The number of ether oxygens (including phenoxy) is 2. The van der Waals surface area contributed by atoms with Gasteiger partial charge in [0.25, 0.3) is 7.82 Å². The smallest absolute Gasteiger partial charge is 0.306 e. The molecule has 0 aliphatic heterocycles. The van der Waals surface area contributed by atoms with Gasteiger partial charge in [-0.2, -0.15) is 0 Å². The van der Waals surface area contributed by atoms with Gasteiger partial charge in [0.15, 0.2) is 0 Å². The zero-order valence-electron chi connectivity index (χ0n) is 37.3. The number of esters is 1. The van der Waals surface area contributed by atoms with Crippen molar-refractivity contribution < 1.29 is 37.3 Å². The van der Waals surface area contributed by atoms with Gasteiger partial charge in [-0.05, 0) is 64.2 Å². The Bertz CT molecular complexity index is 1140. The summed E-state index contributed by atoms with van der Waals surface area (Å²) in [5.41, 5.74) is 0. The molecule has 0 aromatic heterocycles.